The molecule has 4 aliphatic carbocycles. The molecule has 2 nitrogen and oxygen atoms in total. The smallest absolute Gasteiger partial charge is 0.226 e. The molecular formula is C26H43NO. The van der Waals surface area contributed by atoms with Crippen LogP contribution < -0.4 is 5.32 Å². The Hall–Kier alpha value is -0.790. The fourth-order valence-corrected chi connectivity index (χ4v) is 8.48. The van der Waals surface area contributed by atoms with Gasteiger partial charge in [0.05, 0.1) is 0 Å². The molecule has 0 saturated heterocycles. The minimum Gasteiger partial charge on any atom is -0.353 e. The van der Waals surface area contributed by atoms with Crippen LogP contribution in [0.5, 0.6) is 0 Å². The molecule has 4 saturated carbocycles. The van der Waals surface area contributed by atoms with Gasteiger partial charge in [-0.2, -0.15) is 0 Å². The number of hydrogen-bond acceptors (Lipinski definition) is 1. The molecule has 0 aromatic heterocycles. The second-order valence-electron chi connectivity index (χ2n) is 11.4. The number of rotatable bonds is 3. The number of fused-ring (bicyclic) bond motifs is 3. The highest BCUT2D eigenvalue weighted by Gasteiger charge is 2.62. The number of amides is 1. The van der Waals surface area contributed by atoms with Crippen molar-refractivity contribution in [3.05, 3.63) is 12.2 Å². The average Bonchev–Trinajstić information content (AvgIpc) is 2.68. The van der Waals surface area contributed by atoms with Gasteiger partial charge in [-0.3, -0.25) is 4.79 Å². The van der Waals surface area contributed by atoms with Crippen LogP contribution in [-0.2, 0) is 4.79 Å². The van der Waals surface area contributed by atoms with E-state index in [1.165, 1.54) is 89.0 Å². The molecular weight excluding hydrogens is 342 g/mol. The van der Waals surface area contributed by atoms with Crippen LogP contribution in [0.4, 0.5) is 0 Å². The van der Waals surface area contributed by atoms with E-state index in [0.29, 0.717) is 28.7 Å². The molecule has 5 atom stereocenters. The summed E-state index contributed by atoms with van der Waals surface area (Å²) in [6.45, 7) is 11.7. The van der Waals surface area contributed by atoms with Crippen LogP contribution >= 0.6 is 0 Å². The van der Waals surface area contributed by atoms with Crippen molar-refractivity contribution in [1.29, 1.82) is 0 Å². The van der Waals surface area contributed by atoms with Crippen LogP contribution in [0.3, 0.4) is 0 Å². The summed E-state index contributed by atoms with van der Waals surface area (Å²) in [5.41, 5.74) is 2.09. The molecule has 0 aromatic carbocycles. The molecule has 0 bridgehead atoms. The third-order valence-electron chi connectivity index (χ3n) is 9.99. The Labute approximate surface area is 173 Å². The minimum absolute atomic E-state index is 0.168. The first-order chi connectivity index (χ1) is 13.3. The Balaban J connectivity index is 1.59. The van der Waals surface area contributed by atoms with Crippen molar-refractivity contribution in [2.45, 2.75) is 117 Å². The summed E-state index contributed by atoms with van der Waals surface area (Å²) in [5.74, 6) is 1.71. The summed E-state index contributed by atoms with van der Waals surface area (Å²) in [7, 11) is 0. The van der Waals surface area contributed by atoms with Gasteiger partial charge in [0.15, 0.2) is 0 Å². The van der Waals surface area contributed by atoms with E-state index >= 15 is 0 Å². The summed E-state index contributed by atoms with van der Waals surface area (Å²) in [5, 5.41) is 3.53. The second kappa shape index (κ2) is 7.47. The average molecular weight is 386 g/mol. The largest absolute Gasteiger partial charge is 0.353 e. The van der Waals surface area contributed by atoms with Gasteiger partial charge >= 0.3 is 0 Å². The Morgan fingerprint density at radius 3 is 2.46 bits per heavy atom. The molecule has 1 N–H and O–H groups in total. The van der Waals surface area contributed by atoms with Crippen molar-refractivity contribution in [2.75, 3.05) is 0 Å². The van der Waals surface area contributed by atoms with Gasteiger partial charge in [-0.1, -0.05) is 58.6 Å². The number of allylic oxidation sites excluding steroid dienone is 1. The van der Waals surface area contributed by atoms with E-state index in [4.69, 9.17) is 0 Å². The Morgan fingerprint density at radius 2 is 1.75 bits per heavy atom. The van der Waals surface area contributed by atoms with Gasteiger partial charge in [-0.15, -0.1) is 0 Å². The summed E-state index contributed by atoms with van der Waals surface area (Å²) in [6.07, 6.45) is 17.5. The van der Waals surface area contributed by atoms with Gasteiger partial charge in [0, 0.05) is 11.5 Å². The summed E-state index contributed by atoms with van der Waals surface area (Å²) < 4.78 is 0. The Kier molecular flexibility index (Phi) is 5.47. The molecule has 0 aliphatic heterocycles. The molecule has 4 aliphatic rings. The number of carbonyl (C=O) groups is 1. The van der Waals surface area contributed by atoms with Gasteiger partial charge in [0.25, 0.3) is 0 Å². The van der Waals surface area contributed by atoms with Gasteiger partial charge in [-0.25, -0.2) is 0 Å². The van der Waals surface area contributed by atoms with Gasteiger partial charge in [0.2, 0.25) is 5.91 Å². The summed E-state index contributed by atoms with van der Waals surface area (Å²) in [6, 6.07) is 0.433. The number of nitrogens with one attached hydrogen (secondary N) is 1. The number of carbonyl (C=O) groups excluding carboxylic acids is 1. The highest BCUT2D eigenvalue weighted by atomic mass is 16.2. The summed E-state index contributed by atoms with van der Waals surface area (Å²) in [4.78, 5) is 13.6. The van der Waals surface area contributed by atoms with Crippen molar-refractivity contribution in [2.24, 2.45) is 28.1 Å². The quantitative estimate of drug-likeness (QED) is 0.532. The molecule has 0 spiro atoms. The molecule has 0 heterocycles. The lowest BCUT2D eigenvalue weighted by Crippen LogP contribution is -2.61. The monoisotopic (exact) mass is 385 g/mol. The first kappa shape index (κ1) is 20.5. The molecule has 4 fully saturated rings. The van der Waals surface area contributed by atoms with E-state index in [9.17, 15) is 4.79 Å². The van der Waals surface area contributed by atoms with E-state index in [1.807, 2.05) is 0 Å². The maximum absolute atomic E-state index is 13.6. The molecule has 2 unspecified atom stereocenters. The fraction of sp³-hybridized carbons (Fsp3) is 0.885. The highest BCUT2D eigenvalue weighted by molar-refractivity contribution is 5.83. The van der Waals surface area contributed by atoms with Crippen LogP contribution in [0.1, 0.15) is 111 Å². The maximum Gasteiger partial charge on any atom is 0.226 e. The first-order valence-electron chi connectivity index (χ1n) is 12.3. The topological polar surface area (TPSA) is 29.1 Å². The Morgan fingerprint density at radius 1 is 1.00 bits per heavy atom. The van der Waals surface area contributed by atoms with E-state index in [-0.39, 0.29) is 5.41 Å². The first-order valence-corrected chi connectivity index (χ1v) is 12.3. The lowest BCUT2D eigenvalue weighted by atomic mass is 9.40. The van der Waals surface area contributed by atoms with Crippen molar-refractivity contribution < 1.29 is 4.79 Å². The Bertz CT molecular complexity index is 620. The van der Waals surface area contributed by atoms with Crippen LogP contribution in [0.15, 0.2) is 12.2 Å². The van der Waals surface area contributed by atoms with E-state index < -0.39 is 0 Å². The molecule has 28 heavy (non-hydrogen) atoms. The van der Waals surface area contributed by atoms with Crippen LogP contribution in [0.25, 0.3) is 0 Å². The zero-order chi connectivity index (χ0) is 20.0. The minimum atomic E-state index is -0.168. The molecule has 4 rings (SSSR count). The molecule has 0 radical (unpaired) electrons. The van der Waals surface area contributed by atoms with Gasteiger partial charge in [0.1, 0.15) is 0 Å². The zero-order valence-corrected chi connectivity index (χ0v) is 18.7. The third kappa shape index (κ3) is 3.18. The van der Waals surface area contributed by atoms with Gasteiger partial charge in [-0.05, 0) is 86.9 Å². The van der Waals surface area contributed by atoms with Crippen molar-refractivity contribution in [3.8, 4) is 0 Å². The normalized spacial score (nSPS) is 44.5. The lowest BCUT2D eigenvalue weighted by molar-refractivity contribution is -0.168. The molecule has 0 aromatic rings. The third-order valence-corrected chi connectivity index (χ3v) is 9.99. The molecule has 158 valence electrons. The van der Waals surface area contributed by atoms with Crippen molar-refractivity contribution >= 4 is 5.91 Å². The van der Waals surface area contributed by atoms with Crippen LogP contribution in [0.2, 0.25) is 0 Å². The van der Waals surface area contributed by atoms with Gasteiger partial charge < -0.3 is 5.32 Å². The highest BCUT2D eigenvalue weighted by Crippen LogP contribution is 2.68. The SMILES string of the molecule is C=C1CCC2[C@](CC)(CCC3[C@@]2(C)CCC[C@@]3(C)C(=O)NC2CCCCC2)C1. The predicted octanol–water partition coefficient (Wildman–Crippen LogP) is 6.79. The van der Waals surface area contributed by atoms with Crippen molar-refractivity contribution in [3.63, 3.8) is 0 Å². The van der Waals surface area contributed by atoms with E-state index in [0.717, 1.165) is 12.3 Å². The van der Waals surface area contributed by atoms with E-state index in [1.54, 1.807) is 0 Å². The molecule has 2 heteroatoms. The number of hydrogen-bond donors (Lipinski definition) is 1. The van der Waals surface area contributed by atoms with Crippen molar-refractivity contribution in [1.82, 2.24) is 5.32 Å². The standard InChI is InChI=1S/C26H43NO/c1-5-26-17-14-21-24(3,22(26)13-12-19(2)18-26)15-9-16-25(21,4)23(28)27-20-10-7-6-8-11-20/h20-22H,2,5-18H2,1,3-4H3,(H,27,28)/t21?,22?,24-,25-,26-/m1/s1. The maximum atomic E-state index is 13.6. The lowest BCUT2D eigenvalue weighted by Gasteiger charge is -2.65. The fourth-order valence-electron chi connectivity index (χ4n) is 8.48. The predicted molar refractivity (Wildman–Crippen MR) is 117 cm³/mol. The second-order valence-corrected chi connectivity index (χ2v) is 11.4. The van der Waals surface area contributed by atoms with Crippen LogP contribution in [-0.4, -0.2) is 11.9 Å². The van der Waals surface area contributed by atoms with Crippen LogP contribution in [0, 0.1) is 28.1 Å². The summed E-state index contributed by atoms with van der Waals surface area (Å²) >= 11 is 0. The zero-order valence-electron chi connectivity index (χ0n) is 18.7. The van der Waals surface area contributed by atoms with E-state index in [2.05, 4.69) is 32.7 Å². The molecule has 1 amide bonds.